The van der Waals surface area contributed by atoms with Gasteiger partial charge in [0.05, 0.1) is 6.34 Å². The summed E-state index contributed by atoms with van der Waals surface area (Å²) < 4.78 is 0. The van der Waals surface area contributed by atoms with Gasteiger partial charge in [0.2, 0.25) is 0 Å². The van der Waals surface area contributed by atoms with Crippen molar-refractivity contribution in [2.24, 2.45) is 10.7 Å². The third kappa shape index (κ3) is 3.42. The highest BCUT2D eigenvalue weighted by molar-refractivity contribution is 5.60. The number of rotatable bonds is 4. The molecular formula is C12H21N3. The summed E-state index contributed by atoms with van der Waals surface area (Å²) in [5, 5.41) is 0. The van der Waals surface area contributed by atoms with Crippen molar-refractivity contribution >= 4 is 6.34 Å². The van der Waals surface area contributed by atoms with Gasteiger partial charge in [-0.05, 0) is 32.4 Å². The highest BCUT2D eigenvalue weighted by Gasteiger charge is 2.22. The summed E-state index contributed by atoms with van der Waals surface area (Å²) in [6.45, 7) is 6.66. The summed E-state index contributed by atoms with van der Waals surface area (Å²) >= 11 is 0. The summed E-state index contributed by atoms with van der Waals surface area (Å²) in [5.41, 5.74) is 5.73. The second kappa shape index (κ2) is 5.01. The number of allylic oxidation sites excluding steroid dienone is 2. The van der Waals surface area contributed by atoms with Gasteiger partial charge in [0, 0.05) is 11.7 Å². The second-order valence-electron chi connectivity index (χ2n) is 4.50. The van der Waals surface area contributed by atoms with Gasteiger partial charge in [-0.1, -0.05) is 19.8 Å². The molecule has 3 nitrogen and oxygen atoms in total. The van der Waals surface area contributed by atoms with E-state index in [0.29, 0.717) is 5.82 Å². The Labute approximate surface area is 92.4 Å². The first kappa shape index (κ1) is 11.8. The smallest absolute Gasteiger partial charge is 0.125 e. The van der Waals surface area contributed by atoms with E-state index < -0.39 is 0 Å². The molecule has 2 N–H and O–H groups in total. The van der Waals surface area contributed by atoms with E-state index in [2.05, 4.69) is 30.7 Å². The van der Waals surface area contributed by atoms with E-state index in [1.165, 1.54) is 12.8 Å². The van der Waals surface area contributed by atoms with E-state index in [0.717, 1.165) is 6.42 Å². The summed E-state index contributed by atoms with van der Waals surface area (Å²) in [6.07, 6.45) is 11.2. The van der Waals surface area contributed by atoms with Crippen molar-refractivity contribution in [3.05, 3.63) is 24.2 Å². The van der Waals surface area contributed by atoms with E-state index in [-0.39, 0.29) is 5.54 Å². The molecule has 0 amide bonds. The zero-order valence-electron chi connectivity index (χ0n) is 9.90. The largest absolute Gasteiger partial charge is 0.384 e. The highest BCUT2D eigenvalue weighted by atomic mass is 15.2. The van der Waals surface area contributed by atoms with Crippen LogP contribution in [0.25, 0.3) is 0 Å². The average molecular weight is 207 g/mol. The van der Waals surface area contributed by atoms with E-state index in [1.807, 2.05) is 24.7 Å². The number of hydrogen-bond acceptors (Lipinski definition) is 3. The van der Waals surface area contributed by atoms with E-state index >= 15 is 0 Å². The minimum Gasteiger partial charge on any atom is -0.384 e. The van der Waals surface area contributed by atoms with Crippen LogP contribution in [0, 0.1) is 0 Å². The number of nitrogens with zero attached hydrogens (tertiary/aromatic N) is 2. The molecule has 0 saturated heterocycles. The van der Waals surface area contributed by atoms with Crippen LogP contribution in [0.15, 0.2) is 29.2 Å². The summed E-state index contributed by atoms with van der Waals surface area (Å²) in [6, 6.07) is 0. The van der Waals surface area contributed by atoms with Crippen molar-refractivity contribution in [3.8, 4) is 0 Å². The van der Waals surface area contributed by atoms with Crippen LogP contribution < -0.4 is 5.73 Å². The van der Waals surface area contributed by atoms with Gasteiger partial charge in [-0.2, -0.15) is 0 Å². The lowest BCUT2D eigenvalue weighted by Gasteiger charge is -2.34. The van der Waals surface area contributed by atoms with Crippen LogP contribution in [0.1, 0.15) is 40.0 Å². The molecule has 84 valence electrons. The molecule has 1 aliphatic rings. The lowest BCUT2D eigenvalue weighted by molar-refractivity contribution is 0.263. The molecular weight excluding hydrogens is 186 g/mol. The maximum absolute atomic E-state index is 5.63. The number of aliphatic imine (C=N–C) groups is 1. The first-order valence-corrected chi connectivity index (χ1v) is 5.53. The minimum absolute atomic E-state index is 0.106. The molecule has 0 unspecified atom stereocenters. The van der Waals surface area contributed by atoms with E-state index in [1.54, 1.807) is 0 Å². The zero-order valence-corrected chi connectivity index (χ0v) is 9.90. The molecule has 0 aromatic rings. The minimum atomic E-state index is 0.106. The topological polar surface area (TPSA) is 41.6 Å². The van der Waals surface area contributed by atoms with Gasteiger partial charge in [-0.15, -0.1) is 0 Å². The van der Waals surface area contributed by atoms with Gasteiger partial charge in [0.25, 0.3) is 0 Å². The molecule has 0 atom stereocenters. The third-order valence-corrected chi connectivity index (χ3v) is 2.69. The number of unbranched alkanes of at least 4 members (excludes halogenated alkanes) is 1. The first-order chi connectivity index (χ1) is 7.06. The summed E-state index contributed by atoms with van der Waals surface area (Å²) in [7, 11) is 0. The molecule has 0 radical (unpaired) electrons. The molecule has 1 rings (SSSR count). The standard InChI is InChI=1S/C12H21N3/c1-4-5-8-12(2,3)15-9-6-7-11(13)14-10-15/h6-7,9-10H,4-5,8,13H2,1-3H3. The fraction of sp³-hybridized carbons (Fsp3) is 0.583. The quantitative estimate of drug-likeness (QED) is 0.770. The molecule has 15 heavy (non-hydrogen) atoms. The highest BCUT2D eigenvalue weighted by Crippen LogP contribution is 2.21. The van der Waals surface area contributed by atoms with Crippen molar-refractivity contribution in [1.29, 1.82) is 0 Å². The Balaban J connectivity index is 2.68. The Morgan fingerprint density at radius 3 is 2.87 bits per heavy atom. The fourth-order valence-electron chi connectivity index (χ4n) is 1.54. The van der Waals surface area contributed by atoms with E-state index in [4.69, 9.17) is 5.73 Å². The van der Waals surface area contributed by atoms with Gasteiger partial charge in [0.1, 0.15) is 5.82 Å². The van der Waals surface area contributed by atoms with Crippen LogP contribution in [0.3, 0.4) is 0 Å². The lowest BCUT2D eigenvalue weighted by atomic mass is 9.96. The summed E-state index contributed by atoms with van der Waals surface area (Å²) in [4.78, 5) is 6.28. The van der Waals surface area contributed by atoms with Crippen molar-refractivity contribution in [2.75, 3.05) is 0 Å². The Hall–Kier alpha value is -1.25. The van der Waals surface area contributed by atoms with Crippen LogP contribution in [-0.4, -0.2) is 16.8 Å². The van der Waals surface area contributed by atoms with Gasteiger partial charge in [0.15, 0.2) is 0 Å². The van der Waals surface area contributed by atoms with Crippen LogP contribution >= 0.6 is 0 Å². The molecule has 1 aliphatic heterocycles. The van der Waals surface area contributed by atoms with Crippen molar-refractivity contribution < 1.29 is 0 Å². The normalized spacial score (nSPS) is 16.5. The molecule has 0 bridgehead atoms. The predicted molar refractivity (Wildman–Crippen MR) is 65.3 cm³/mol. The molecule has 0 fully saturated rings. The fourth-order valence-corrected chi connectivity index (χ4v) is 1.54. The predicted octanol–water partition coefficient (Wildman–Crippen LogP) is 2.61. The maximum atomic E-state index is 5.63. The molecule has 0 saturated carbocycles. The van der Waals surface area contributed by atoms with Gasteiger partial charge in [-0.3, -0.25) is 0 Å². The SMILES string of the molecule is CCCCC(C)(C)N1C=CC=C(N)N=C1. The molecule has 1 heterocycles. The van der Waals surface area contributed by atoms with Crippen LogP contribution in [-0.2, 0) is 0 Å². The lowest BCUT2D eigenvalue weighted by Crippen LogP contribution is -2.39. The van der Waals surface area contributed by atoms with Crippen LogP contribution in [0.4, 0.5) is 0 Å². The van der Waals surface area contributed by atoms with Crippen molar-refractivity contribution in [3.63, 3.8) is 0 Å². The Morgan fingerprint density at radius 2 is 2.20 bits per heavy atom. The molecule has 3 heteroatoms. The molecule has 0 aliphatic carbocycles. The van der Waals surface area contributed by atoms with Crippen molar-refractivity contribution in [2.45, 2.75) is 45.6 Å². The van der Waals surface area contributed by atoms with Gasteiger partial charge < -0.3 is 10.6 Å². The van der Waals surface area contributed by atoms with Crippen LogP contribution in [0.5, 0.6) is 0 Å². The van der Waals surface area contributed by atoms with Gasteiger partial charge in [-0.25, -0.2) is 4.99 Å². The second-order valence-corrected chi connectivity index (χ2v) is 4.50. The van der Waals surface area contributed by atoms with Gasteiger partial charge >= 0.3 is 0 Å². The average Bonchev–Trinajstić information content (AvgIpc) is 2.40. The Morgan fingerprint density at radius 1 is 1.47 bits per heavy atom. The maximum Gasteiger partial charge on any atom is 0.125 e. The van der Waals surface area contributed by atoms with E-state index in [9.17, 15) is 0 Å². The van der Waals surface area contributed by atoms with Crippen molar-refractivity contribution in [1.82, 2.24) is 4.90 Å². The molecule has 0 spiro atoms. The monoisotopic (exact) mass is 207 g/mol. The Kier molecular flexibility index (Phi) is 3.95. The molecule has 0 aromatic heterocycles. The number of nitrogens with two attached hydrogens (primary N) is 1. The van der Waals surface area contributed by atoms with Crippen LogP contribution in [0.2, 0.25) is 0 Å². The molecule has 0 aromatic carbocycles. The third-order valence-electron chi connectivity index (χ3n) is 2.69. The summed E-state index contributed by atoms with van der Waals surface area (Å²) in [5.74, 6) is 0.556. The number of hydrogen-bond donors (Lipinski definition) is 1. The first-order valence-electron chi connectivity index (χ1n) is 5.53. The zero-order chi connectivity index (χ0) is 11.3. The Bertz CT molecular complexity index is 287.